The number of sulfonamides is 1. The fraction of sp³-hybridized carbons (Fsp3) is 0.0385. The number of carbonyl (C=O) groups is 1. The van der Waals surface area contributed by atoms with Gasteiger partial charge in [-0.3, -0.25) is 9.52 Å². The minimum atomic E-state index is -3.70. The van der Waals surface area contributed by atoms with Gasteiger partial charge in [-0.15, -0.1) is 11.8 Å². The molecule has 0 spiro atoms. The minimum Gasteiger partial charge on any atom is -0.322 e. The third-order valence-electron chi connectivity index (χ3n) is 4.89. The Morgan fingerprint density at radius 3 is 2.00 bits per heavy atom. The summed E-state index contributed by atoms with van der Waals surface area (Å²) in [6.07, 6.45) is 0. The highest BCUT2D eigenvalue weighted by atomic mass is 32.2. The van der Waals surface area contributed by atoms with E-state index in [9.17, 15) is 17.6 Å². The Kier molecular flexibility index (Phi) is 7.30. The average molecular weight is 493 g/mol. The number of para-hydroxylation sites is 1. The van der Waals surface area contributed by atoms with Gasteiger partial charge in [0.05, 0.1) is 10.6 Å². The Labute approximate surface area is 202 Å². The normalized spacial score (nSPS) is 12.0. The van der Waals surface area contributed by atoms with Crippen molar-refractivity contribution in [1.82, 2.24) is 0 Å². The van der Waals surface area contributed by atoms with Gasteiger partial charge >= 0.3 is 0 Å². The second kappa shape index (κ2) is 10.5. The molecule has 4 aromatic carbocycles. The van der Waals surface area contributed by atoms with Gasteiger partial charge in [0.2, 0.25) is 5.91 Å². The van der Waals surface area contributed by atoms with Gasteiger partial charge in [0, 0.05) is 10.6 Å². The molecule has 1 atom stereocenters. The van der Waals surface area contributed by atoms with E-state index in [0.717, 1.165) is 10.5 Å². The maximum atomic E-state index is 14.1. The third-order valence-corrected chi connectivity index (χ3v) is 7.55. The molecule has 0 aliphatic carbocycles. The predicted molar refractivity (Wildman–Crippen MR) is 134 cm³/mol. The van der Waals surface area contributed by atoms with Crippen molar-refractivity contribution in [2.75, 3.05) is 10.0 Å². The molecule has 0 aliphatic heterocycles. The highest BCUT2D eigenvalue weighted by Crippen LogP contribution is 2.37. The highest BCUT2D eigenvalue weighted by Gasteiger charge is 2.23. The SMILES string of the molecule is O=C(Nc1ccccc1F)C(Sc1ccc(NS(=O)(=O)c2ccccc2)cc1)c1ccccc1. The van der Waals surface area contributed by atoms with Crippen LogP contribution >= 0.6 is 11.8 Å². The Morgan fingerprint density at radius 1 is 0.765 bits per heavy atom. The van der Waals surface area contributed by atoms with E-state index in [2.05, 4.69) is 10.0 Å². The lowest BCUT2D eigenvalue weighted by atomic mass is 10.1. The molecule has 5 nitrogen and oxygen atoms in total. The fourth-order valence-corrected chi connectivity index (χ4v) is 5.32. The molecule has 0 saturated heterocycles. The molecule has 4 aromatic rings. The van der Waals surface area contributed by atoms with Crippen molar-refractivity contribution in [3.63, 3.8) is 0 Å². The summed E-state index contributed by atoms with van der Waals surface area (Å²) >= 11 is 1.29. The molecule has 0 aromatic heterocycles. The Hall–Kier alpha value is -3.62. The number of carbonyl (C=O) groups excluding carboxylic acids is 1. The van der Waals surface area contributed by atoms with Crippen LogP contribution in [-0.2, 0) is 14.8 Å². The van der Waals surface area contributed by atoms with E-state index in [1.807, 2.05) is 30.3 Å². The maximum absolute atomic E-state index is 14.1. The number of nitrogens with one attached hydrogen (secondary N) is 2. The van der Waals surface area contributed by atoms with Crippen LogP contribution in [-0.4, -0.2) is 14.3 Å². The van der Waals surface area contributed by atoms with Crippen LogP contribution < -0.4 is 10.0 Å². The van der Waals surface area contributed by atoms with Gasteiger partial charge in [0.25, 0.3) is 10.0 Å². The van der Waals surface area contributed by atoms with E-state index in [1.165, 1.54) is 36.0 Å². The smallest absolute Gasteiger partial charge is 0.261 e. The van der Waals surface area contributed by atoms with Gasteiger partial charge in [-0.2, -0.15) is 0 Å². The lowest BCUT2D eigenvalue weighted by Crippen LogP contribution is -2.19. The molecular formula is C26H21FN2O3S2. The Morgan fingerprint density at radius 2 is 1.35 bits per heavy atom. The molecule has 0 radical (unpaired) electrons. The summed E-state index contributed by atoms with van der Waals surface area (Å²) in [5.74, 6) is -0.877. The number of hydrogen-bond acceptors (Lipinski definition) is 4. The summed E-state index contributed by atoms with van der Waals surface area (Å²) in [6.45, 7) is 0. The number of hydrogen-bond donors (Lipinski definition) is 2. The Balaban J connectivity index is 1.52. The van der Waals surface area contributed by atoms with Crippen LogP contribution in [0.15, 0.2) is 119 Å². The van der Waals surface area contributed by atoms with Gasteiger partial charge in [0.1, 0.15) is 11.1 Å². The monoisotopic (exact) mass is 492 g/mol. The van der Waals surface area contributed by atoms with Crippen molar-refractivity contribution < 1.29 is 17.6 Å². The summed E-state index contributed by atoms with van der Waals surface area (Å²) in [7, 11) is -3.70. The molecule has 8 heteroatoms. The van der Waals surface area contributed by atoms with E-state index < -0.39 is 21.1 Å². The predicted octanol–water partition coefficient (Wildman–Crippen LogP) is 6.10. The molecule has 0 fully saturated rings. The van der Waals surface area contributed by atoms with E-state index in [4.69, 9.17) is 0 Å². The molecule has 0 aliphatic rings. The summed E-state index contributed by atoms with van der Waals surface area (Å²) < 4.78 is 41.7. The van der Waals surface area contributed by atoms with E-state index in [1.54, 1.807) is 54.6 Å². The number of rotatable bonds is 8. The van der Waals surface area contributed by atoms with Crippen LogP contribution in [0.1, 0.15) is 10.8 Å². The third kappa shape index (κ3) is 5.84. The quantitative estimate of drug-likeness (QED) is 0.292. The first kappa shape index (κ1) is 23.5. The second-order valence-electron chi connectivity index (χ2n) is 7.32. The fourth-order valence-electron chi connectivity index (χ4n) is 3.21. The first-order valence-electron chi connectivity index (χ1n) is 10.4. The van der Waals surface area contributed by atoms with Crippen molar-refractivity contribution in [3.05, 3.63) is 121 Å². The summed E-state index contributed by atoms with van der Waals surface area (Å²) in [5, 5.41) is 2.02. The van der Waals surface area contributed by atoms with Crippen molar-refractivity contribution in [3.8, 4) is 0 Å². The first-order chi connectivity index (χ1) is 16.4. The summed E-state index contributed by atoms with van der Waals surface area (Å²) in [4.78, 5) is 14.0. The second-order valence-corrected chi connectivity index (χ2v) is 10.2. The number of anilines is 2. The van der Waals surface area contributed by atoms with Crippen LogP contribution in [0.2, 0.25) is 0 Å². The zero-order chi connectivity index (χ0) is 24.0. The molecule has 0 heterocycles. The van der Waals surface area contributed by atoms with E-state index >= 15 is 0 Å². The van der Waals surface area contributed by atoms with Crippen LogP contribution in [0.25, 0.3) is 0 Å². The van der Waals surface area contributed by atoms with Gasteiger partial charge in [-0.1, -0.05) is 60.7 Å². The van der Waals surface area contributed by atoms with Crippen molar-refractivity contribution in [1.29, 1.82) is 0 Å². The van der Waals surface area contributed by atoms with Crippen molar-refractivity contribution >= 4 is 39.1 Å². The molecule has 0 saturated carbocycles. The maximum Gasteiger partial charge on any atom is 0.261 e. The number of benzene rings is 4. The molecule has 1 unspecified atom stereocenters. The average Bonchev–Trinajstić information content (AvgIpc) is 2.86. The number of amides is 1. The summed E-state index contributed by atoms with van der Waals surface area (Å²) in [6, 6.07) is 30.0. The molecule has 4 rings (SSSR count). The van der Waals surface area contributed by atoms with Gasteiger partial charge in [-0.25, -0.2) is 12.8 Å². The molecular weight excluding hydrogens is 471 g/mol. The minimum absolute atomic E-state index is 0.111. The lowest BCUT2D eigenvalue weighted by Gasteiger charge is -2.18. The molecule has 34 heavy (non-hydrogen) atoms. The number of thioether (sulfide) groups is 1. The zero-order valence-electron chi connectivity index (χ0n) is 17.9. The van der Waals surface area contributed by atoms with Gasteiger partial charge in [0.15, 0.2) is 0 Å². The van der Waals surface area contributed by atoms with Crippen LogP contribution in [0.3, 0.4) is 0 Å². The van der Waals surface area contributed by atoms with Gasteiger partial charge in [-0.05, 0) is 54.1 Å². The van der Waals surface area contributed by atoms with Crippen LogP contribution in [0.4, 0.5) is 15.8 Å². The molecule has 0 bridgehead atoms. The largest absolute Gasteiger partial charge is 0.322 e. The standard InChI is InChI=1S/C26H21FN2O3S2/c27-23-13-7-8-14-24(23)28-26(30)25(19-9-3-1-4-10-19)33-21-17-15-20(16-18-21)29-34(31,32)22-11-5-2-6-12-22/h1-18,25,29H,(H,28,30). The number of halogens is 1. The molecule has 172 valence electrons. The molecule has 1 amide bonds. The van der Waals surface area contributed by atoms with Gasteiger partial charge < -0.3 is 5.32 Å². The van der Waals surface area contributed by atoms with Crippen LogP contribution in [0, 0.1) is 5.82 Å². The van der Waals surface area contributed by atoms with E-state index in [-0.39, 0.29) is 16.5 Å². The lowest BCUT2D eigenvalue weighted by molar-refractivity contribution is -0.115. The first-order valence-corrected chi connectivity index (χ1v) is 12.7. The van der Waals surface area contributed by atoms with Crippen molar-refractivity contribution in [2.45, 2.75) is 15.0 Å². The van der Waals surface area contributed by atoms with E-state index in [0.29, 0.717) is 5.69 Å². The van der Waals surface area contributed by atoms with Crippen molar-refractivity contribution in [2.24, 2.45) is 0 Å². The highest BCUT2D eigenvalue weighted by molar-refractivity contribution is 8.00. The Bertz CT molecular complexity index is 1360. The topological polar surface area (TPSA) is 75.3 Å². The summed E-state index contributed by atoms with van der Waals surface area (Å²) in [5.41, 5.74) is 1.27. The molecule has 2 N–H and O–H groups in total. The van der Waals surface area contributed by atoms with Crippen LogP contribution in [0.5, 0.6) is 0 Å². The zero-order valence-corrected chi connectivity index (χ0v) is 19.5.